The number of hydrogen-bond donors (Lipinski definition) is 1. The molecule has 2 fully saturated rings. The zero-order valence-corrected chi connectivity index (χ0v) is 16.5. The van der Waals surface area contributed by atoms with Crippen molar-refractivity contribution in [3.8, 4) is 5.75 Å². The molecule has 0 unspecified atom stereocenters. The second kappa shape index (κ2) is 7.92. The number of carbonyl (C=O) groups excluding carboxylic acids is 1. The average molecular weight is 422 g/mol. The average Bonchev–Trinajstić information content (AvgIpc) is 2.63. The van der Waals surface area contributed by atoms with Crippen molar-refractivity contribution in [1.82, 2.24) is 4.90 Å². The Balaban J connectivity index is 1.45. The number of benzene rings is 2. The number of carbonyl (C=O) groups is 1. The predicted octanol–water partition coefficient (Wildman–Crippen LogP) is 4.08. The number of amides is 1. The van der Waals surface area contributed by atoms with Crippen molar-refractivity contribution in [2.75, 3.05) is 13.1 Å². The summed E-state index contributed by atoms with van der Waals surface area (Å²) < 4.78 is 32.3. The van der Waals surface area contributed by atoms with Gasteiger partial charge in [-0.25, -0.2) is 8.78 Å². The van der Waals surface area contributed by atoms with Gasteiger partial charge in [-0.1, -0.05) is 30.2 Å². The van der Waals surface area contributed by atoms with Crippen molar-refractivity contribution in [2.45, 2.75) is 43.3 Å². The molecule has 0 spiro atoms. The minimum absolute atomic E-state index is 0.000345. The first-order valence-electron chi connectivity index (χ1n) is 9.74. The van der Waals surface area contributed by atoms with Crippen LogP contribution in [0.15, 0.2) is 42.5 Å². The van der Waals surface area contributed by atoms with Crippen LogP contribution in [0.25, 0.3) is 0 Å². The first-order valence-corrected chi connectivity index (χ1v) is 10.1. The molecule has 4 rings (SSSR count). The molecule has 2 aromatic rings. The minimum atomic E-state index is -0.943. The highest BCUT2D eigenvalue weighted by atomic mass is 35.5. The molecule has 1 saturated carbocycles. The number of hydrogen-bond acceptors (Lipinski definition) is 3. The van der Waals surface area contributed by atoms with Crippen molar-refractivity contribution in [3.63, 3.8) is 0 Å². The lowest BCUT2D eigenvalue weighted by Crippen LogP contribution is -2.57. The molecule has 2 atom stereocenters. The van der Waals surface area contributed by atoms with Gasteiger partial charge in [-0.05, 0) is 30.5 Å². The molecular weight excluding hydrogens is 400 g/mol. The van der Waals surface area contributed by atoms with Gasteiger partial charge in [0.05, 0.1) is 12.0 Å². The maximum absolute atomic E-state index is 13.4. The summed E-state index contributed by atoms with van der Waals surface area (Å²) in [6.45, 7) is 0.532. The molecule has 1 heterocycles. The fraction of sp³-hybridized carbons (Fsp3) is 0.409. The fourth-order valence-corrected chi connectivity index (χ4v) is 4.36. The third-order valence-electron chi connectivity index (χ3n) is 5.94. The summed E-state index contributed by atoms with van der Waals surface area (Å²) in [4.78, 5) is 15.0. The molecular formula is C22H22ClF2NO3. The number of aliphatic hydroxyl groups is 1. The second-order valence-corrected chi connectivity index (χ2v) is 8.25. The number of aliphatic hydroxyl groups excluding tert-OH is 1. The lowest BCUT2D eigenvalue weighted by molar-refractivity contribution is -0.146. The lowest BCUT2D eigenvalue weighted by Gasteiger charge is -2.46. The molecule has 1 N–H and O–H groups in total. The van der Waals surface area contributed by atoms with Gasteiger partial charge in [-0.15, -0.1) is 0 Å². The van der Waals surface area contributed by atoms with E-state index in [-0.39, 0.29) is 18.2 Å². The van der Waals surface area contributed by atoms with Crippen LogP contribution in [0.2, 0.25) is 5.02 Å². The predicted molar refractivity (Wildman–Crippen MR) is 105 cm³/mol. The zero-order chi connectivity index (χ0) is 20.6. The third-order valence-corrected chi connectivity index (χ3v) is 6.20. The first kappa shape index (κ1) is 20.1. The smallest absolute Gasteiger partial charge is 0.233 e. The molecule has 0 radical (unpaired) electrons. The maximum atomic E-state index is 13.4. The van der Waals surface area contributed by atoms with Crippen LogP contribution >= 0.6 is 11.6 Å². The summed E-state index contributed by atoms with van der Waals surface area (Å²) in [5.74, 6) is -1.45. The van der Waals surface area contributed by atoms with Crippen molar-refractivity contribution in [3.05, 3.63) is 64.7 Å². The molecule has 154 valence electrons. The van der Waals surface area contributed by atoms with Crippen LogP contribution in [0.1, 0.15) is 31.2 Å². The Bertz CT molecular complexity index is 881. The highest BCUT2D eigenvalue weighted by Crippen LogP contribution is 2.45. The number of nitrogens with zero attached hydrogens (tertiary/aromatic N) is 1. The van der Waals surface area contributed by atoms with Gasteiger partial charge in [0.15, 0.2) is 0 Å². The van der Waals surface area contributed by atoms with Crippen LogP contribution in [-0.2, 0) is 10.2 Å². The number of halogens is 3. The van der Waals surface area contributed by atoms with Gasteiger partial charge in [0.2, 0.25) is 5.91 Å². The lowest BCUT2D eigenvalue weighted by atomic mass is 9.63. The number of likely N-dealkylation sites (tertiary alicyclic amines) is 1. The number of β-amino-alcohol motifs (C(OH)–C–C–N with tert-alkyl or cyclic N) is 1. The number of piperidine rings is 1. The molecule has 2 aliphatic rings. The highest BCUT2D eigenvalue weighted by molar-refractivity contribution is 6.30. The fourth-order valence-electron chi connectivity index (χ4n) is 4.23. The Morgan fingerprint density at radius 1 is 1.14 bits per heavy atom. The van der Waals surface area contributed by atoms with Crippen molar-refractivity contribution >= 4 is 17.5 Å². The third kappa shape index (κ3) is 3.96. The van der Waals surface area contributed by atoms with Crippen LogP contribution in [0.3, 0.4) is 0 Å². The topological polar surface area (TPSA) is 49.8 Å². The molecule has 0 bridgehead atoms. The SMILES string of the molecule is O=C(N1CC[C@@H](Oc2cc(F)cc(F)c2)[C@H](O)C1)C1(c2ccc(Cl)cc2)CCC1. The first-order chi connectivity index (χ1) is 13.9. The molecule has 1 saturated heterocycles. The summed E-state index contributed by atoms with van der Waals surface area (Å²) in [7, 11) is 0. The Morgan fingerprint density at radius 2 is 1.79 bits per heavy atom. The molecule has 1 aliphatic carbocycles. The van der Waals surface area contributed by atoms with Gasteiger partial charge in [-0.3, -0.25) is 4.79 Å². The van der Waals surface area contributed by atoms with Gasteiger partial charge < -0.3 is 14.7 Å². The van der Waals surface area contributed by atoms with Crippen LogP contribution in [0.4, 0.5) is 8.78 Å². The monoisotopic (exact) mass is 421 g/mol. The Hall–Kier alpha value is -2.18. The Labute approximate surface area is 173 Å². The van der Waals surface area contributed by atoms with E-state index in [1.807, 2.05) is 12.1 Å². The quantitative estimate of drug-likeness (QED) is 0.809. The molecule has 1 amide bonds. The summed E-state index contributed by atoms with van der Waals surface area (Å²) in [5, 5.41) is 11.2. The molecule has 0 aromatic heterocycles. The van der Waals surface area contributed by atoms with Gasteiger partial charge in [0.1, 0.15) is 29.6 Å². The van der Waals surface area contributed by atoms with E-state index in [4.69, 9.17) is 16.3 Å². The van der Waals surface area contributed by atoms with E-state index in [0.717, 1.165) is 43.0 Å². The van der Waals surface area contributed by atoms with Crippen LogP contribution in [-0.4, -0.2) is 41.2 Å². The normalized spacial score (nSPS) is 23.4. The van der Waals surface area contributed by atoms with Gasteiger partial charge in [-0.2, -0.15) is 0 Å². The molecule has 1 aliphatic heterocycles. The van der Waals surface area contributed by atoms with Crippen LogP contribution < -0.4 is 4.74 Å². The second-order valence-electron chi connectivity index (χ2n) is 7.81. The Kier molecular flexibility index (Phi) is 5.49. The van der Waals surface area contributed by atoms with Gasteiger partial charge >= 0.3 is 0 Å². The molecule has 2 aromatic carbocycles. The number of ether oxygens (including phenoxy) is 1. The van der Waals surface area contributed by atoms with Crippen LogP contribution in [0.5, 0.6) is 5.75 Å². The largest absolute Gasteiger partial charge is 0.487 e. The number of rotatable bonds is 4. The van der Waals surface area contributed by atoms with Gasteiger partial charge in [0, 0.05) is 36.2 Å². The van der Waals surface area contributed by atoms with Crippen molar-refractivity contribution in [1.29, 1.82) is 0 Å². The van der Waals surface area contributed by atoms with E-state index in [1.165, 1.54) is 0 Å². The molecule has 4 nitrogen and oxygen atoms in total. The summed E-state index contributed by atoms with van der Waals surface area (Å²) in [6, 6.07) is 10.3. The van der Waals surface area contributed by atoms with E-state index < -0.39 is 29.3 Å². The van der Waals surface area contributed by atoms with E-state index in [9.17, 15) is 18.7 Å². The summed E-state index contributed by atoms with van der Waals surface area (Å²) >= 11 is 5.98. The van der Waals surface area contributed by atoms with Gasteiger partial charge in [0.25, 0.3) is 0 Å². The van der Waals surface area contributed by atoms with Crippen molar-refractivity contribution < 1.29 is 23.4 Å². The summed E-state index contributed by atoms with van der Waals surface area (Å²) in [6.07, 6.45) is 1.31. The van der Waals surface area contributed by atoms with E-state index in [1.54, 1.807) is 17.0 Å². The van der Waals surface area contributed by atoms with Crippen molar-refractivity contribution in [2.24, 2.45) is 0 Å². The standard InChI is InChI=1S/C22H22ClF2NO3/c23-15-4-2-14(3-5-15)22(7-1-8-22)21(28)26-9-6-20(19(27)13-26)29-18-11-16(24)10-17(25)12-18/h2-5,10-12,19-20,27H,1,6-9,13H2/t19-,20-/m1/s1. The highest BCUT2D eigenvalue weighted by Gasteiger charge is 2.49. The van der Waals surface area contributed by atoms with E-state index in [2.05, 4.69) is 0 Å². The molecule has 29 heavy (non-hydrogen) atoms. The van der Waals surface area contributed by atoms with E-state index in [0.29, 0.717) is 18.0 Å². The minimum Gasteiger partial charge on any atom is -0.487 e. The maximum Gasteiger partial charge on any atom is 0.233 e. The molecule has 7 heteroatoms. The van der Waals surface area contributed by atoms with Crippen LogP contribution in [0, 0.1) is 11.6 Å². The summed E-state index contributed by atoms with van der Waals surface area (Å²) in [5.41, 5.74) is 0.380. The zero-order valence-electron chi connectivity index (χ0n) is 15.8. The Morgan fingerprint density at radius 3 is 2.34 bits per heavy atom. The van der Waals surface area contributed by atoms with E-state index >= 15 is 0 Å².